The Bertz CT molecular complexity index is 477. The van der Waals surface area contributed by atoms with Gasteiger partial charge in [0.15, 0.2) is 0 Å². The highest BCUT2D eigenvalue weighted by Gasteiger charge is 2.14. The molecule has 0 spiro atoms. The zero-order valence-corrected chi connectivity index (χ0v) is 10.5. The maximum atomic E-state index is 11.1. The molecule has 7 heteroatoms. The maximum Gasteiger partial charge on any atom is 0.247 e. The first-order chi connectivity index (χ1) is 7.49. The Hall–Kier alpha value is -0.920. The SMILES string of the molecule is CCCC/C(=N\O)c1csc(S(N)(=O)=O)c1. The first-order valence-corrected chi connectivity index (χ1v) is 7.24. The number of rotatable bonds is 5. The summed E-state index contributed by atoms with van der Waals surface area (Å²) in [4.78, 5) is 0. The molecule has 1 rings (SSSR count). The van der Waals surface area contributed by atoms with Crippen LogP contribution in [0, 0.1) is 0 Å². The van der Waals surface area contributed by atoms with Crippen molar-refractivity contribution >= 4 is 27.1 Å². The van der Waals surface area contributed by atoms with Crippen LogP contribution in [-0.4, -0.2) is 19.3 Å². The van der Waals surface area contributed by atoms with Gasteiger partial charge in [0.25, 0.3) is 0 Å². The summed E-state index contributed by atoms with van der Waals surface area (Å²) in [6.07, 6.45) is 2.49. The number of hydrogen-bond donors (Lipinski definition) is 2. The Morgan fingerprint density at radius 2 is 2.31 bits per heavy atom. The molecule has 1 aromatic rings. The van der Waals surface area contributed by atoms with E-state index in [-0.39, 0.29) is 4.21 Å². The largest absolute Gasteiger partial charge is 0.411 e. The predicted molar refractivity (Wildman–Crippen MR) is 63.5 cm³/mol. The van der Waals surface area contributed by atoms with Crippen LogP contribution >= 0.6 is 11.3 Å². The summed E-state index contributed by atoms with van der Waals surface area (Å²) in [5, 5.41) is 18.6. The molecule has 0 aromatic carbocycles. The number of oxime groups is 1. The van der Waals surface area contributed by atoms with Crippen molar-refractivity contribution in [3.05, 3.63) is 17.0 Å². The van der Waals surface area contributed by atoms with E-state index in [1.165, 1.54) is 6.07 Å². The average Bonchev–Trinajstić information content (AvgIpc) is 2.68. The van der Waals surface area contributed by atoms with Crippen molar-refractivity contribution < 1.29 is 13.6 Å². The van der Waals surface area contributed by atoms with Crippen LogP contribution in [-0.2, 0) is 10.0 Å². The molecule has 0 aliphatic heterocycles. The molecule has 16 heavy (non-hydrogen) atoms. The second-order valence-corrected chi connectivity index (χ2v) is 6.05. The Kier molecular flexibility index (Phi) is 4.45. The van der Waals surface area contributed by atoms with Crippen molar-refractivity contribution in [1.29, 1.82) is 0 Å². The summed E-state index contributed by atoms with van der Waals surface area (Å²) in [5.74, 6) is 0. The van der Waals surface area contributed by atoms with Gasteiger partial charge in [-0.25, -0.2) is 13.6 Å². The van der Waals surface area contributed by atoms with Crippen LogP contribution in [0.3, 0.4) is 0 Å². The lowest BCUT2D eigenvalue weighted by Crippen LogP contribution is -2.10. The molecule has 0 atom stereocenters. The van der Waals surface area contributed by atoms with Crippen molar-refractivity contribution in [2.24, 2.45) is 10.3 Å². The minimum atomic E-state index is -3.66. The highest BCUT2D eigenvalue weighted by atomic mass is 32.2. The van der Waals surface area contributed by atoms with Crippen LogP contribution in [0.1, 0.15) is 31.7 Å². The third-order valence-corrected chi connectivity index (χ3v) is 4.46. The van der Waals surface area contributed by atoms with Crippen LogP contribution in [0.4, 0.5) is 0 Å². The number of hydrogen-bond acceptors (Lipinski definition) is 5. The maximum absolute atomic E-state index is 11.1. The average molecular weight is 262 g/mol. The summed E-state index contributed by atoms with van der Waals surface area (Å²) in [6, 6.07) is 1.44. The summed E-state index contributed by atoms with van der Waals surface area (Å²) < 4.78 is 22.2. The minimum absolute atomic E-state index is 0.0835. The van der Waals surface area contributed by atoms with Gasteiger partial charge in [0.1, 0.15) is 4.21 Å². The Morgan fingerprint density at radius 3 is 2.75 bits per heavy atom. The lowest BCUT2D eigenvalue weighted by molar-refractivity contribution is 0.318. The summed E-state index contributed by atoms with van der Waals surface area (Å²) >= 11 is 1.03. The van der Waals surface area contributed by atoms with Crippen molar-refractivity contribution in [2.45, 2.75) is 30.4 Å². The van der Waals surface area contributed by atoms with E-state index in [0.29, 0.717) is 17.7 Å². The van der Waals surface area contributed by atoms with E-state index >= 15 is 0 Å². The molecule has 90 valence electrons. The Balaban J connectivity index is 2.92. The van der Waals surface area contributed by atoms with Crippen LogP contribution < -0.4 is 5.14 Å². The normalized spacial score (nSPS) is 13.0. The van der Waals surface area contributed by atoms with E-state index in [4.69, 9.17) is 10.3 Å². The van der Waals surface area contributed by atoms with Gasteiger partial charge in [-0.15, -0.1) is 11.3 Å². The molecule has 0 fully saturated rings. The van der Waals surface area contributed by atoms with Crippen LogP contribution in [0.5, 0.6) is 0 Å². The van der Waals surface area contributed by atoms with E-state index in [1.54, 1.807) is 5.38 Å². The molecular weight excluding hydrogens is 248 g/mol. The zero-order chi connectivity index (χ0) is 12.2. The van der Waals surface area contributed by atoms with Crippen molar-refractivity contribution in [3.63, 3.8) is 0 Å². The quantitative estimate of drug-likeness (QED) is 0.481. The third kappa shape index (κ3) is 3.29. The topological polar surface area (TPSA) is 92.8 Å². The molecule has 0 amide bonds. The van der Waals surface area contributed by atoms with Crippen LogP contribution in [0.2, 0.25) is 0 Å². The lowest BCUT2D eigenvalue weighted by Gasteiger charge is -1.99. The highest BCUT2D eigenvalue weighted by molar-refractivity contribution is 7.91. The van der Waals surface area contributed by atoms with Crippen molar-refractivity contribution in [3.8, 4) is 0 Å². The number of thiophene rings is 1. The van der Waals surface area contributed by atoms with E-state index in [9.17, 15) is 8.42 Å². The molecule has 0 unspecified atom stereocenters. The fourth-order valence-corrected chi connectivity index (χ4v) is 2.83. The number of unbranched alkanes of at least 4 members (excludes halogenated alkanes) is 1. The number of sulfonamides is 1. The lowest BCUT2D eigenvalue weighted by atomic mass is 10.1. The van der Waals surface area contributed by atoms with Gasteiger partial charge in [-0.1, -0.05) is 18.5 Å². The van der Waals surface area contributed by atoms with Crippen LogP contribution in [0.25, 0.3) is 0 Å². The fraction of sp³-hybridized carbons (Fsp3) is 0.444. The second-order valence-electron chi connectivity index (χ2n) is 3.35. The van der Waals surface area contributed by atoms with Crippen LogP contribution in [0.15, 0.2) is 20.8 Å². The van der Waals surface area contributed by atoms with E-state index in [1.807, 2.05) is 6.92 Å². The molecular formula is C9H14N2O3S2. The number of primary sulfonamides is 1. The molecule has 0 saturated heterocycles. The molecule has 1 aromatic heterocycles. The molecule has 3 N–H and O–H groups in total. The summed E-state index contributed by atoms with van der Waals surface area (Å²) in [6.45, 7) is 2.03. The molecule has 5 nitrogen and oxygen atoms in total. The Morgan fingerprint density at radius 1 is 1.62 bits per heavy atom. The van der Waals surface area contributed by atoms with Gasteiger partial charge in [-0.05, 0) is 18.9 Å². The zero-order valence-electron chi connectivity index (χ0n) is 8.88. The smallest absolute Gasteiger partial charge is 0.247 e. The van der Waals surface area contributed by atoms with Gasteiger partial charge < -0.3 is 5.21 Å². The van der Waals surface area contributed by atoms with E-state index in [0.717, 1.165) is 24.2 Å². The number of nitrogens with two attached hydrogens (primary N) is 1. The fourth-order valence-electron chi connectivity index (χ4n) is 1.21. The first kappa shape index (κ1) is 13.1. The van der Waals surface area contributed by atoms with E-state index < -0.39 is 10.0 Å². The van der Waals surface area contributed by atoms with Gasteiger partial charge in [0.2, 0.25) is 10.0 Å². The second kappa shape index (κ2) is 5.42. The molecule has 0 radical (unpaired) electrons. The van der Waals surface area contributed by atoms with Gasteiger partial charge in [0, 0.05) is 10.9 Å². The molecule has 1 heterocycles. The predicted octanol–water partition coefficient (Wildman–Crippen LogP) is 1.76. The van der Waals surface area contributed by atoms with Gasteiger partial charge in [-0.3, -0.25) is 0 Å². The molecule has 0 aliphatic rings. The first-order valence-electron chi connectivity index (χ1n) is 4.81. The summed E-state index contributed by atoms with van der Waals surface area (Å²) in [7, 11) is -3.66. The highest BCUT2D eigenvalue weighted by Crippen LogP contribution is 2.20. The van der Waals surface area contributed by atoms with Gasteiger partial charge in [-0.2, -0.15) is 0 Å². The molecule has 0 bridgehead atoms. The Labute approximate surface area is 98.6 Å². The monoisotopic (exact) mass is 262 g/mol. The molecule has 0 saturated carbocycles. The standard InChI is InChI=1S/C9H14N2O3S2/c1-2-3-4-8(11-12)7-5-9(15-6-7)16(10,13)14/h5-6,12H,2-4H2,1H3,(H2,10,13,14)/b11-8+. The molecule has 0 aliphatic carbocycles. The number of nitrogens with zero attached hydrogens (tertiary/aromatic N) is 1. The van der Waals surface area contributed by atoms with Gasteiger partial charge >= 0.3 is 0 Å². The third-order valence-electron chi connectivity index (χ3n) is 2.08. The van der Waals surface area contributed by atoms with Gasteiger partial charge in [0.05, 0.1) is 5.71 Å². The van der Waals surface area contributed by atoms with Crippen molar-refractivity contribution in [2.75, 3.05) is 0 Å². The van der Waals surface area contributed by atoms with Crippen molar-refractivity contribution in [1.82, 2.24) is 0 Å². The summed E-state index contributed by atoms with van der Waals surface area (Å²) in [5.41, 5.74) is 1.11. The minimum Gasteiger partial charge on any atom is -0.411 e. The van der Waals surface area contributed by atoms with E-state index in [2.05, 4.69) is 5.16 Å².